The lowest BCUT2D eigenvalue weighted by atomic mass is 10.1. The maximum atomic E-state index is 5.91. The summed E-state index contributed by atoms with van der Waals surface area (Å²) < 4.78 is 7.80. The van der Waals surface area contributed by atoms with Crippen molar-refractivity contribution in [1.82, 2.24) is 24.4 Å². The largest absolute Gasteiger partial charge is 0.437 e. The Balaban J connectivity index is 1.50. The Labute approximate surface area is 157 Å². The summed E-state index contributed by atoms with van der Waals surface area (Å²) in [7, 11) is 1.99. The van der Waals surface area contributed by atoms with Crippen LogP contribution in [0.5, 0.6) is 11.6 Å². The van der Waals surface area contributed by atoms with Gasteiger partial charge in [0.05, 0.1) is 36.2 Å². The van der Waals surface area contributed by atoms with Crippen molar-refractivity contribution in [2.75, 3.05) is 6.54 Å². The van der Waals surface area contributed by atoms with Gasteiger partial charge in [-0.1, -0.05) is 11.6 Å². The molecule has 26 heavy (non-hydrogen) atoms. The van der Waals surface area contributed by atoms with E-state index in [0.717, 1.165) is 37.3 Å². The summed E-state index contributed by atoms with van der Waals surface area (Å²) in [6, 6.07) is 7.46. The molecule has 4 rings (SSSR count). The Morgan fingerprint density at radius 1 is 1.23 bits per heavy atom. The summed E-state index contributed by atoms with van der Waals surface area (Å²) in [5.41, 5.74) is 2.01. The predicted octanol–water partition coefficient (Wildman–Crippen LogP) is 3.99. The minimum absolute atomic E-state index is 0.235. The number of likely N-dealkylation sites (tertiary alicyclic amines) is 1. The van der Waals surface area contributed by atoms with Crippen LogP contribution in [0.25, 0.3) is 0 Å². The van der Waals surface area contributed by atoms with Crippen molar-refractivity contribution in [2.24, 2.45) is 7.05 Å². The average molecular weight is 370 g/mol. The lowest BCUT2D eigenvalue weighted by Gasteiger charge is -2.23. The van der Waals surface area contributed by atoms with E-state index in [2.05, 4.69) is 26.0 Å². The van der Waals surface area contributed by atoms with Gasteiger partial charge in [0, 0.05) is 24.8 Å². The van der Waals surface area contributed by atoms with Crippen LogP contribution in [0.4, 0.5) is 0 Å². The summed E-state index contributed by atoms with van der Waals surface area (Å²) in [6.07, 6.45) is 9.56. The van der Waals surface area contributed by atoms with Gasteiger partial charge < -0.3 is 9.30 Å². The Bertz CT molecular complexity index is 880. The quantitative estimate of drug-likeness (QED) is 0.680. The Morgan fingerprint density at radius 2 is 2.08 bits per heavy atom. The monoisotopic (exact) mass is 369 g/mol. The number of halogens is 1. The first-order valence-electron chi connectivity index (χ1n) is 8.63. The van der Waals surface area contributed by atoms with Gasteiger partial charge in [-0.2, -0.15) is 0 Å². The van der Waals surface area contributed by atoms with E-state index >= 15 is 0 Å². The first-order valence-corrected chi connectivity index (χ1v) is 9.01. The van der Waals surface area contributed by atoms with Crippen LogP contribution in [0.1, 0.15) is 30.3 Å². The second kappa shape index (κ2) is 7.43. The van der Waals surface area contributed by atoms with Crippen LogP contribution < -0.4 is 4.74 Å². The molecule has 1 unspecified atom stereocenters. The number of imidazole rings is 1. The second-order valence-corrected chi connectivity index (χ2v) is 6.93. The van der Waals surface area contributed by atoms with Crippen LogP contribution in [0, 0.1) is 0 Å². The molecule has 0 spiro atoms. The van der Waals surface area contributed by atoms with Gasteiger partial charge in [0.1, 0.15) is 5.75 Å². The maximum absolute atomic E-state index is 5.91. The molecule has 1 atom stereocenters. The second-order valence-electron chi connectivity index (χ2n) is 6.50. The predicted molar refractivity (Wildman–Crippen MR) is 99.2 cm³/mol. The van der Waals surface area contributed by atoms with Gasteiger partial charge in [0.25, 0.3) is 0 Å². The average Bonchev–Trinajstić information content (AvgIpc) is 3.26. The summed E-state index contributed by atoms with van der Waals surface area (Å²) >= 11 is 5.91. The highest BCUT2D eigenvalue weighted by molar-refractivity contribution is 6.30. The smallest absolute Gasteiger partial charge is 0.238 e. The van der Waals surface area contributed by atoms with Crippen molar-refractivity contribution in [1.29, 1.82) is 0 Å². The number of hydrogen-bond donors (Lipinski definition) is 0. The first-order chi connectivity index (χ1) is 12.7. The SMILES string of the molecule is Cn1cnc(CN2CCCC2c2cncc(Oc3ccc(Cl)cc3)n2)c1. The molecule has 3 aromatic rings. The minimum atomic E-state index is 0.235. The van der Waals surface area contributed by atoms with Crippen molar-refractivity contribution < 1.29 is 4.74 Å². The number of ether oxygens (including phenoxy) is 1. The third kappa shape index (κ3) is 3.86. The third-order valence-corrected chi connectivity index (χ3v) is 4.75. The van der Waals surface area contributed by atoms with E-state index in [-0.39, 0.29) is 6.04 Å². The molecule has 1 aliphatic rings. The molecule has 1 aromatic carbocycles. The van der Waals surface area contributed by atoms with E-state index in [9.17, 15) is 0 Å². The summed E-state index contributed by atoms with van der Waals surface area (Å²) in [4.78, 5) is 15.9. The molecule has 0 amide bonds. The fourth-order valence-electron chi connectivity index (χ4n) is 3.30. The van der Waals surface area contributed by atoms with Gasteiger partial charge in [0.2, 0.25) is 5.88 Å². The van der Waals surface area contributed by atoms with Crippen LogP contribution in [-0.2, 0) is 13.6 Å². The molecule has 1 aliphatic heterocycles. The van der Waals surface area contributed by atoms with Gasteiger partial charge in [0.15, 0.2) is 0 Å². The lowest BCUT2D eigenvalue weighted by molar-refractivity contribution is 0.240. The van der Waals surface area contributed by atoms with E-state index in [1.807, 2.05) is 36.3 Å². The fourth-order valence-corrected chi connectivity index (χ4v) is 3.43. The number of hydrogen-bond acceptors (Lipinski definition) is 5. The van der Waals surface area contributed by atoms with Gasteiger partial charge in [-0.25, -0.2) is 9.97 Å². The minimum Gasteiger partial charge on any atom is -0.437 e. The van der Waals surface area contributed by atoms with Crippen LogP contribution in [0.2, 0.25) is 5.02 Å². The van der Waals surface area contributed by atoms with Crippen molar-refractivity contribution >= 4 is 11.6 Å². The Morgan fingerprint density at radius 3 is 2.85 bits per heavy atom. The Hall–Kier alpha value is -2.44. The molecule has 0 radical (unpaired) electrons. The summed E-state index contributed by atoms with van der Waals surface area (Å²) in [5, 5.41) is 0.674. The number of nitrogens with zero attached hydrogens (tertiary/aromatic N) is 5. The highest BCUT2D eigenvalue weighted by Crippen LogP contribution is 2.32. The van der Waals surface area contributed by atoms with Gasteiger partial charge in [-0.05, 0) is 43.7 Å². The van der Waals surface area contributed by atoms with Gasteiger partial charge in [-0.15, -0.1) is 0 Å². The van der Waals surface area contributed by atoms with Crippen LogP contribution in [0.3, 0.4) is 0 Å². The van der Waals surface area contributed by atoms with E-state index in [1.165, 1.54) is 0 Å². The highest BCUT2D eigenvalue weighted by Gasteiger charge is 2.28. The van der Waals surface area contributed by atoms with E-state index < -0.39 is 0 Å². The Kier molecular flexibility index (Phi) is 4.86. The molecule has 1 saturated heterocycles. The van der Waals surface area contributed by atoms with Crippen molar-refractivity contribution in [3.8, 4) is 11.6 Å². The molecule has 7 heteroatoms. The molecule has 0 N–H and O–H groups in total. The summed E-state index contributed by atoms with van der Waals surface area (Å²) in [6.45, 7) is 1.85. The molecule has 134 valence electrons. The normalized spacial score (nSPS) is 17.5. The highest BCUT2D eigenvalue weighted by atomic mass is 35.5. The summed E-state index contributed by atoms with van der Waals surface area (Å²) in [5.74, 6) is 1.19. The van der Waals surface area contributed by atoms with Crippen molar-refractivity contribution in [2.45, 2.75) is 25.4 Å². The number of aromatic nitrogens is 4. The molecule has 0 aliphatic carbocycles. The van der Waals surface area contributed by atoms with Crippen molar-refractivity contribution in [3.05, 3.63) is 65.6 Å². The van der Waals surface area contributed by atoms with Crippen LogP contribution in [0.15, 0.2) is 49.2 Å². The maximum Gasteiger partial charge on any atom is 0.238 e. The molecule has 0 saturated carbocycles. The van der Waals surface area contributed by atoms with Gasteiger partial charge >= 0.3 is 0 Å². The topological polar surface area (TPSA) is 56.1 Å². The van der Waals surface area contributed by atoms with E-state index in [0.29, 0.717) is 16.7 Å². The zero-order valence-electron chi connectivity index (χ0n) is 14.5. The molecule has 6 nitrogen and oxygen atoms in total. The fraction of sp³-hybridized carbons (Fsp3) is 0.316. The van der Waals surface area contributed by atoms with Crippen LogP contribution >= 0.6 is 11.6 Å². The molecule has 2 aromatic heterocycles. The van der Waals surface area contributed by atoms with Gasteiger partial charge in [-0.3, -0.25) is 9.88 Å². The lowest BCUT2D eigenvalue weighted by Crippen LogP contribution is -2.23. The number of rotatable bonds is 5. The molecule has 1 fully saturated rings. The van der Waals surface area contributed by atoms with Crippen molar-refractivity contribution in [3.63, 3.8) is 0 Å². The standard InChI is InChI=1S/C19H20ClN5O/c1-24-11-15(22-13-24)12-25-8-2-3-18(25)17-9-21-10-19(23-17)26-16-6-4-14(20)5-7-16/h4-7,9-11,13,18H,2-3,8,12H2,1H3. The third-order valence-electron chi connectivity index (χ3n) is 4.50. The molecule has 0 bridgehead atoms. The van der Waals surface area contributed by atoms with E-state index in [1.54, 1.807) is 18.3 Å². The van der Waals surface area contributed by atoms with Crippen LogP contribution in [-0.4, -0.2) is 31.0 Å². The molecular weight excluding hydrogens is 350 g/mol. The number of benzene rings is 1. The molecular formula is C19H20ClN5O. The zero-order valence-corrected chi connectivity index (χ0v) is 15.3. The zero-order chi connectivity index (χ0) is 17.9. The first kappa shape index (κ1) is 17.0. The molecule has 3 heterocycles. The number of aryl methyl sites for hydroxylation is 1. The van der Waals surface area contributed by atoms with E-state index in [4.69, 9.17) is 16.3 Å².